The van der Waals surface area contributed by atoms with Crippen molar-refractivity contribution in [3.05, 3.63) is 135 Å². The van der Waals surface area contributed by atoms with Crippen LogP contribution in [0.15, 0.2) is 111 Å². The van der Waals surface area contributed by atoms with Crippen LogP contribution in [0.3, 0.4) is 0 Å². The third-order valence-electron chi connectivity index (χ3n) is 7.10. The molecular formula is C33H28Cl2N2O6S. The molecule has 0 unspecified atom stereocenters. The lowest BCUT2D eigenvalue weighted by Crippen LogP contribution is -2.30. The van der Waals surface area contributed by atoms with Gasteiger partial charge in [0.2, 0.25) is 15.8 Å². The standard InChI is InChI=1S/C33H28Cl2N2O6S/c1-21-4-12-26(13-5-21)37-22(2)31(33(39)42-3)32(38)30(37)18-27-14-15-28(43-27)20-36(19-23-6-8-24(34)9-7-23)44(40,41)29-16-10-25(35)11-17-29/h4-18H,19-20H2,1-3H3/b30-18+. The first-order valence-electron chi connectivity index (χ1n) is 13.5. The van der Waals surface area contributed by atoms with E-state index < -0.39 is 21.8 Å². The molecule has 1 aromatic heterocycles. The number of furan rings is 1. The SMILES string of the molecule is COC(=O)C1=C(C)N(c2ccc(C)cc2)/C(=C/c2ccc(CN(Cc3ccc(Cl)cc3)S(=O)(=O)c3ccc(Cl)cc3)o2)C1=O. The van der Waals surface area contributed by atoms with Crippen LogP contribution >= 0.6 is 23.2 Å². The Balaban J connectivity index is 1.49. The maximum Gasteiger partial charge on any atom is 0.343 e. The summed E-state index contributed by atoms with van der Waals surface area (Å²) in [5.41, 5.74) is 2.98. The number of ether oxygens (including phenoxy) is 1. The van der Waals surface area contributed by atoms with Gasteiger partial charge in [0.05, 0.1) is 24.2 Å². The molecule has 0 spiro atoms. The fourth-order valence-corrected chi connectivity index (χ4v) is 6.47. The summed E-state index contributed by atoms with van der Waals surface area (Å²) in [4.78, 5) is 27.8. The Labute approximate surface area is 265 Å². The number of halogens is 2. The number of rotatable bonds is 9. The third kappa shape index (κ3) is 6.51. The highest BCUT2D eigenvalue weighted by Gasteiger charge is 2.38. The number of carbonyl (C=O) groups is 2. The minimum Gasteiger partial charge on any atom is -0.465 e. The molecule has 1 aliphatic rings. The molecule has 0 aliphatic carbocycles. The topological polar surface area (TPSA) is 97.1 Å². The van der Waals surface area contributed by atoms with Gasteiger partial charge in [-0.05, 0) is 80.1 Å². The van der Waals surface area contributed by atoms with E-state index in [9.17, 15) is 18.0 Å². The fraction of sp³-hybridized carbons (Fsp3) is 0.152. The van der Waals surface area contributed by atoms with Crippen LogP contribution < -0.4 is 4.90 Å². The van der Waals surface area contributed by atoms with Crippen molar-refractivity contribution in [2.24, 2.45) is 0 Å². The number of hydrogen-bond acceptors (Lipinski definition) is 7. The molecule has 0 N–H and O–H groups in total. The second-order valence-corrected chi connectivity index (χ2v) is 13.0. The van der Waals surface area contributed by atoms with Gasteiger partial charge in [0, 0.05) is 34.1 Å². The molecule has 0 bridgehead atoms. The van der Waals surface area contributed by atoms with Crippen LogP contribution in [0.5, 0.6) is 0 Å². The monoisotopic (exact) mass is 650 g/mol. The van der Waals surface area contributed by atoms with Gasteiger partial charge in [-0.15, -0.1) is 0 Å². The molecule has 3 aromatic carbocycles. The minimum absolute atomic E-state index is 0.0462. The van der Waals surface area contributed by atoms with Crippen LogP contribution in [0.1, 0.15) is 29.6 Å². The van der Waals surface area contributed by atoms with Gasteiger partial charge in [0.25, 0.3) is 0 Å². The first-order chi connectivity index (χ1) is 21.0. The third-order valence-corrected chi connectivity index (χ3v) is 9.41. The van der Waals surface area contributed by atoms with Crippen LogP contribution in [0.25, 0.3) is 6.08 Å². The van der Waals surface area contributed by atoms with Gasteiger partial charge in [0.1, 0.15) is 17.1 Å². The molecule has 226 valence electrons. The molecule has 0 fully saturated rings. The Morgan fingerprint density at radius 3 is 2.11 bits per heavy atom. The summed E-state index contributed by atoms with van der Waals surface area (Å²) >= 11 is 12.0. The van der Waals surface area contributed by atoms with Crippen LogP contribution in [0.2, 0.25) is 10.0 Å². The number of anilines is 1. The Hall–Kier alpha value is -4.15. The molecule has 44 heavy (non-hydrogen) atoms. The largest absolute Gasteiger partial charge is 0.465 e. The second kappa shape index (κ2) is 12.8. The van der Waals surface area contributed by atoms with Gasteiger partial charge >= 0.3 is 5.97 Å². The quantitative estimate of drug-likeness (QED) is 0.108. The maximum absolute atomic E-state index is 13.7. The summed E-state index contributed by atoms with van der Waals surface area (Å²) < 4.78 is 39.7. The second-order valence-electron chi connectivity index (χ2n) is 10.1. The predicted molar refractivity (Wildman–Crippen MR) is 169 cm³/mol. The molecule has 5 rings (SSSR count). The highest BCUT2D eigenvalue weighted by Crippen LogP contribution is 2.36. The zero-order valence-electron chi connectivity index (χ0n) is 24.1. The number of nitrogens with zero attached hydrogens (tertiary/aromatic N) is 2. The van der Waals surface area contributed by atoms with Gasteiger partial charge in [-0.1, -0.05) is 53.0 Å². The number of ketones is 1. The molecule has 1 aliphatic heterocycles. The molecule has 0 radical (unpaired) electrons. The molecule has 2 heterocycles. The highest BCUT2D eigenvalue weighted by atomic mass is 35.5. The molecular weight excluding hydrogens is 623 g/mol. The lowest BCUT2D eigenvalue weighted by atomic mass is 10.1. The van der Waals surface area contributed by atoms with Crippen molar-refractivity contribution < 1.29 is 27.2 Å². The highest BCUT2D eigenvalue weighted by molar-refractivity contribution is 7.89. The molecule has 4 aromatic rings. The fourth-order valence-electron chi connectivity index (χ4n) is 4.83. The number of Topliss-reactive ketones (excluding diaryl/α,β-unsaturated/α-hetero) is 1. The lowest BCUT2D eigenvalue weighted by molar-refractivity contribution is -0.137. The number of carbonyl (C=O) groups excluding carboxylic acids is 2. The molecule has 11 heteroatoms. The minimum atomic E-state index is -3.98. The van der Waals surface area contributed by atoms with Crippen molar-refractivity contribution in [3.8, 4) is 0 Å². The molecule has 0 saturated carbocycles. The lowest BCUT2D eigenvalue weighted by Gasteiger charge is -2.22. The van der Waals surface area contributed by atoms with Gasteiger partial charge in [-0.3, -0.25) is 4.79 Å². The summed E-state index contributed by atoms with van der Waals surface area (Å²) in [5.74, 6) is -0.607. The number of aryl methyl sites for hydroxylation is 1. The van der Waals surface area contributed by atoms with Crippen molar-refractivity contribution in [2.45, 2.75) is 31.8 Å². The van der Waals surface area contributed by atoms with Crippen molar-refractivity contribution in [2.75, 3.05) is 12.0 Å². The molecule has 0 saturated heterocycles. The zero-order chi connectivity index (χ0) is 31.6. The number of methoxy groups -OCH3 is 1. The summed E-state index contributed by atoms with van der Waals surface area (Å²) in [5, 5.41) is 0.948. The van der Waals surface area contributed by atoms with Gasteiger partial charge in [-0.25, -0.2) is 13.2 Å². The smallest absolute Gasteiger partial charge is 0.343 e. The van der Waals surface area contributed by atoms with Gasteiger partial charge in [-0.2, -0.15) is 4.31 Å². The van der Waals surface area contributed by atoms with Crippen molar-refractivity contribution in [3.63, 3.8) is 0 Å². The average molecular weight is 652 g/mol. The first kappa shape index (κ1) is 31.3. The van der Waals surface area contributed by atoms with Crippen molar-refractivity contribution >= 4 is 56.7 Å². The van der Waals surface area contributed by atoms with E-state index in [2.05, 4.69) is 0 Å². The Bertz CT molecular complexity index is 1880. The summed E-state index contributed by atoms with van der Waals surface area (Å²) in [7, 11) is -2.75. The van der Waals surface area contributed by atoms with E-state index in [-0.39, 0.29) is 29.3 Å². The number of benzene rings is 3. The predicted octanol–water partition coefficient (Wildman–Crippen LogP) is 7.16. The van der Waals surface area contributed by atoms with E-state index in [4.69, 9.17) is 32.4 Å². The van der Waals surface area contributed by atoms with Gasteiger partial charge in [0.15, 0.2) is 0 Å². The first-order valence-corrected chi connectivity index (χ1v) is 15.7. The Morgan fingerprint density at radius 1 is 0.886 bits per heavy atom. The number of sulfonamides is 1. The van der Waals surface area contributed by atoms with Crippen LogP contribution in [-0.2, 0) is 37.4 Å². The van der Waals surface area contributed by atoms with Crippen LogP contribution in [-0.4, -0.2) is 31.6 Å². The number of esters is 1. The summed E-state index contributed by atoms with van der Waals surface area (Å²) in [6.45, 7) is 3.57. The number of hydrogen-bond donors (Lipinski definition) is 0. The van der Waals surface area contributed by atoms with Crippen LogP contribution in [0, 0.1) is 6.92 Å². The van der Waals surface area contributed by atoms with Gasteiger partial charge < -0.3 is 14.1 Å². The van der Waals surface area contributed by atoms with Crippen LogP contribution in [0.4, 0.5) is 5.69 Å². The molecule has 0 atom stereocenters. The molecule has 8 nitrogen and oxygen atoms in total. The molecule has 0 amide bonds. The average Bonchev–Trinajstić information content (AvgIpc) is 3.54. The Morgan fingerprint density at radius 2 is 1.50 bits per heavy atom. The summed E-state index contributed by atoms with van der Waals surface area (Å²) in [6, 6.07) is 23.6. The normalized spacial score (nSPS) is 14.6. The summed E-state index contributed by atoms with van der Waals surface area (Å²) in [6.07, 6.45) is 1.53. The van der Waals surface area contributed by atoms with Crippen molar-refractivity contribution in [1.82, 2.24) is 4.31 Å². The maximum atomic E-state index is 13.7. The van der Waals surface area contributed by atoms with E-state index >= 15 is 0 Å². The number of allylic oxidation sites excluding steroid dienone is 2. The van der Waals surface area contributed by atoms with E-state index in [0.29, 0.717) is 33.0 Å². The van der Waals surface area contributed by atoms with Crippen molar-refractivity contribution in [1.29, 1.82) is 0 Å². The van der Waals surface area contributed by atoms with E-state index in [1.54, 1.807) is 48.2 Å². The van der Waals surface area contributed by atoms with E-state index in [1.165, 1.54) is 41.8 Å². The Kier molecular flexibility index (Phi) is 9.12. The van der Waals surface area contributed by atoms with E-state index in [1.807, 2.05) is 31.2 Å². The van der Waals surface area contributed by atoms with E-state index in [0.717, 1.165) is 11.1 Å². The zero-order valence-corrected chi connectivity index (χ0v) is 26.4.